The Balaban J connectivity index is 1.59. The second kappa shape index (κ2) is 9.32. The third kappa shape index (κ3) is 4.86. The van der Waals surface area contributed by atoms with Gasteiger partial charge in [-0.3, -0.25) is 14.9 Å². The zero-order valence-corrected chi connectivity index (χ0v) is 16.6. The summed E-state index contributed by atoms with van der Waals surface area (Å²) in [6.07, 6.45) is 2.12. The van der Waals surface area contributed by atoms with Gasteiger partial charge in [-0.2, -0.15) is 0 Å². The molecule has 0 bridgehead atoms. The molecule has 1 saturated heterocycles. The topological polar surface area (TPSA) is 70.7 Å². The van der Waals surface area contributed by atoms with Gasteiger partial charge in [0.15, 0.2) is 5.11 Å². The molecule has 28 heavy (non-hydrogen) atoms. The number of hydrogen-bond donors (Lipinski definition) is 2. The zero-order valence-electron chi connectivity index (χ0n) is 15.7. The van der Waals surface area contributed by atoms with E-state index in [0.29, 0.717) is 29.2 Å². The molecule has 2 N–H and O–H groups in total. The second-order valence-corrected chi connectivity index (χ2v) is 6.82. The minimum Gasteiger partial charge on any atom is -0.493 e. The number of carbonyl (C=O) groups excluding carboxylic acids is 2. The van der Waals surface area contributed by atoms with E-state index in [2.05, 4.69) is 10.6 Å². The highest BCUT2D eigenvalue weighted by Crippen LogP contribution is 2.18. The molecule has 1 aliphatic heterocycles. The van der Waals surface area contributed by atoms with Gasteiger partial charge >= 0.3 is 0 Å². The molecule has 2 aromatic rings. The second-order valence-electron chi connectivity index (χ2n) is 6.41. The Morgan fingerprint density at radius 2 is 1.75 bits per heavy atom. The number of thiocarbonyl (C=S) groups is 1. The smallest absolute Gasteiger partial charge is 0.261 e. The van der Waals surface area contributed by atoms with E-state index in [4.69, 9.17) is 17.0 Å². The first-order chi connectivity index (χ1) is 13.6. The van der Waals surface area contributed by atoms with Crippen LogP contribution in [0.5, 0.6) is 5.75 Å². The van der Waals surface area contributed by atoms with Crippen molar-refractivity contribution in [3.05, 3.63) is 59.7 Å². The van der Waals surface area contributed by atoms with Crippen LogP contribution in [0.2, 0.25) is 0 Å². The maximum atomic E-state index is 12.5. The fourth-order valence-electron chi connectivity index (χ4n) is 3.07. The third-order valence-corrected chi connectivity index (χ3v) is 4.65. The molecule has 146 valence electrons. The highest BCUT2D eigenvalue weighted by atomic mass is 32.1. The molecule has 0 atom stereocenters. The molecule has 1 fully saturated rings. The summed E-state index contributed by atoms with van der Waals surface area (Å²) in [5.41, 5.74) is 1.76. The molecule has 7 heteroatoms. The molecule has 2 amide bonds. The average Bonchev–Trinajstić information content (AvgIpc) is 3.23. The van der Waals surface area contributed by atoms with Crippen LogP contribution in [0.25, 0.3) is 0 Å². The van der Waals surface area contributed by atoms with Gasteiger partial charge < -0.3 is 15.0 Å². The van der Waals surface area contributed by atoms with Crippen LogP contribution in [-0.4, -0.2) is 41.5 Å². The number of nitrogens with zero attached hydrogens (tertiary/aromatic N) is 1. The molecular formula is C21H23N3O3S. The number of hydrogen-bond acceptors (Lipinski definition) is 4. The first kappa shape index (κ1) is 19.8. The van der Waals surface area contributed by atoms with Crippen molar-refractivity contribution < 1.29 is 14.3 Å². The van der Waals surface area contributed by atoms with E-state index in [9.17, 15) is 9.59 Å². The molecule has 1 heterocycles. The van der Waals surface area contributed by atoms with Crippen LogP contribution in [0.3, 0.4) is 0 Å². The van der Waals surface area contributed by atoms with Crippen LogP contribution in [0.15, 0.2) is 48.5 Å². The van der Waals surface area contributed by atoms with Crippen LogP contribution in [0.1, 0.15) is 40.5 Å². The molecule has 0 unspecified atom stereocenters. The third-order valence-electron chi connectivity index (χ3n) is 4.44. The Morgan fingerprint density at radius 3 is 2.43 bits per heavy atom. The number of anilines is 1. The fraction of sp³-hybridized carbons (Fsp3) is 0.286. The molecule has 1 aliphatic rings. The number of likely N-dealkylation sites (tertiary alicyclic amines) is 1. The van der Waals surface area contributed by atoms with Crippen LogP contribution in [-0.2, 0) is 0 Å². The average molecular weight is 398 g/mol. The van der Waals surface area contributed by atoms with Crippen LogP contribution >= 0.6 is 12.2 Å². The summed E-state index contributed by atoms with van der Waals surface area (Å²) < 4.78 is 5.48. The lowest BCUT2D eigenvalue weighted by molar-refractivity contribution is 0.0792. The first-order valence-corrected chi connectivity index (χ1v) is 9.73. The standard InChI is InChI=1S/C21H23N3O3S/c1-2-27-18-8-4-3-7-17(18)19(25)23-21(28)22-16-11-9-15(10-12-16)20(26)24-13-5-6-14-24/h3-4,7-12H,2,5-6,13-14H2,1H3,(H2,22,23,25,28). The van der Waals surface area contributed by atoms with Gasteiger partial charge in [-0.25, -0.2) is 0 Å². The molecule has 0 radical (unpaired) electrons. The highest BCUT2D eigenvalue weighted by molar-refractivity contribution is 7.80. The molecule has 2 aromatic carbocycles. The molecule has 0 aromatic heterocycles. The van der Waals surface area contributed by atoms with Gasteiger partial charge in [-0.05, 0) is 68.4 Å². The van der Waals surface area contributed by atoms with Crippen molar-refractivity contribution in [2.75, 3.05) is 25.0 Å². The summed E-state index contributed by atoms with van der Waals surface area (Å²) in [6.45, 7) is 3.96. The van der Waals surface area contributed by atoms with Gasteiger partial charge in [0.05, 0.1) is 12.2 Å². The minimum atomic E-state index is -0.345. The summed E-state index contributed by atoms with van der Waals surface area (Å²) in [5.74, 6) is 0.213. The monoisotopic (exact) mass is 397 g/mol. The van der Waals surface area contributed by atoms with Crippen molar-refractivity contribution in [2.45, 2.75) is 19.8 Å². The summed E-state index contributed by atoms with van der Waals surface area (Å²) in [7, 11) is 0. The Morgan fingerprint density at radius 1 is 1.07 bits per heavy atom. The fourth-order valence-corrected chi connectivity index (χ4v) is 3.28. The maximum Gasteiger partial charge on any atom is 0.261 e. The summed E-state index contributed by atoms with van der Waals surface area (Å²) >= 11 is 5.23. The van der Waals surface area contributed by atoms with E-state index >= 15 is 0 Å². The molecule has 6 nitrogen and oxygen atoms in total. The van der Waals surface area contributed by atoms with Gasteiger partial charge in [0.1, 0.15) is 5.75 Å². The Labute approximate surface area is 169 Å². The summed E-state index contributed by atoms with van der Waals surface area (Å²) in [4.78, 5) is 26.7. The van der Waals surface area contributed by atoms with E-state index in [1.165, 1.54) is 0 Å². The number of ether oxygens (including phenoxy) is 1. The van der Waals surface area contributed by atoms with Gasteiger partial charge in [-0.1, -0.05) is 12.1 Å². The lowest BCUT2D eigenvalue weighted by Crippen LogP contribution is -2.34. The summed E-state index contributed by atoms with van der Waals surface area (Å²) in [6, 6.07) is 14.1. The maximum absolute atomic E-state index is 12.5. The van der Waals surface area contributed by atoms with Crippen molar-refractivity contribution in [3.63, 3.8) is 0 Å². The number of nitrogens with one attached hydrogen (secondary N) is 2. The number of para-hydroxylation sites is 1. The zero-order chi connectivity index (χ0) is 19.9. The lowest BCUT2D eigenvalue weighted by Gasteiger charge is -2.16. The molecule has 0 spiro atoms. The Bertz CT molecular complexity index is 861. The first-order valence-electron chi connectivity index (χ1n) is 9.32. The van der Waals surface area contributed by atoms with Gasteiger partial charge in [0, 0.05) is 24.3 Å². The van der Waals surface area contributed by atoms with Crippen molar-refractivity contribution in [1.29, 1.82) is 0 Å². The Kier molecular flexibility index (Phi) is 6.60. The van der Waals surface area contributed by atoms with Crippen LogP contribution in [0.4, 0.5) is 5.69 Å². The van der Waals surface area contributed by atoms with Gasteiger partial charge in [-0.15, -0.1) is 0 Å². The van der Waals surface area contributed by atoms with E-state index < -0.39 is 0 Å². The van der Waals surface area contributed by atoms with Crippen molar-refractivity contribution in [2.24, 2.45) is 0 Å². The van der Waals surface area contributed by atoms with Gasteiger partial charge in [0.25, 0.3) is 11.8 Å². The highest BCUT2D eigenvalue weighted by Gasteiger charge is 2.19. The van der Waals surface area contributed by atoms with E-state index in [0.717, 1.165) is 25.9 Å². The quantitative estimate of drug-likeness (QED) is 0.757. The van der Waals surface area contributed by atoms with E-state index in [1.54, 1.807) is 42.5 Å². The molecule has 3 rings (SSSR count). The van der Waals surface area contributed by atoms with Crippen molar-refractivity contribution in [3.8, 4) is 5.75 Å². The Hall–Kier alpha value is -2.93. The molecule has 0 aliphatic carbocycles. The predicted octanol–water partition coefficient (Wildman–Crippen LogP) is 3.45. The van der Waals surface area contributed by atoms with Crippen molar-refractivity contribution >= 4 is 34.8 Å². The van der Waals surface area contributed by atoms with Gasteiger partial charge in [0.2, 0.25) is 0 Å². The van der Waals surface area contributed by atoms with Crippen LogP contribution < -0.4 is 15.4 Å². The van der Waals surface area contributed by atoms with E-state index in [1.807, 2.05) is 17.9 Å². The summed E-state index contributed by atoms with van der Waals surface area (Å²) in [5, 5.41) is 5.79. The molecular weight excluding hydrogens is 374 g/mol. The predicted molar refractivity (Wildman–Crippen MR) is 113 cm³/mol. The molecule has 0 saturated carbocycles. The number of carbonyl (C=O) groups is 2. The lowest BCUT2D eigenvalue weighted by atomic mass is 10.2. The normalized spacial score (nSPS) is 13.1. The number of amides is 2. The van der Waals surface area contributed by atoms with Crippen molar-refractivity contribution in [1.82, 2.24) is 10.2 Å². The SMILES string of the molecule is CCOc1ccccc1C(=O)NC(=S)Nc1ccc(C(=O)N2CCCC2)cc1. The largest absolute Gasteiger partial charge is 0.493 e. The number of rotatable bonds is 5. The van der Waals surface area contributed by atoms with E-state index in [-0.39, 0.29) is 16.9 Å². The minimum absolute atomic E-state index is 0.0486. The number of benzene rings is 2. The van der Waals surface area contributed by atoms with Crippen LogP contribution in [0, 0.1) is 0 Å².